The van der Waals surface area contributed by atoms with E-state index in [0.717, 1.165) is 17.7 Å². The molecule has 1 amide bonds. The maximum atomic E-state index is 13.0. The van der Waals surface area contributed by atoms with E-state index >= 15 is 0 Å². The molecule has 2 aromatic carbocycles. The summed E-state index contributed by atoms with van der Waals surface area (Å²) in [7, 11) is 0. The highest BCUT2D eigenvalue weighted by molar-refractivity contribution is 6.00. The molecule has 1 aliphatic carbocycles. The molecule has 4 rings (SSSR count). The van der Waals surface area contributed by atoms with E-state index in [1.54, 1.807) is 23.1 Å². The fourth-order valence-corrected chi connectivity index (χ4v) is 3.61. The van der Waals surface area contributed by atoms with E-state index in [9.17, 15) is 14.0 Å². The number of nitrogens with zero attached hydrogens (tertiary/aromatic N) is 2. The fourth-order valence-electron chi connectivity index (χ4n) is 3.61. The Bertz CT molecular complexity index is 858. The third-order valence-electron chi connectivity index (χ3n) is 5.19. The van der Waals surface area contributed by atoms with E-state index in [-0.39, 0.29) is 24.1 Å². The summed E-state index contributed by atoms with van der Waals surface area (Å²) in [5.41, 5.74) is 2.73. The summed E-state index contributed by atoms with van der Waals surface area (Å²) in [4.78, 5) is 28.1. The van der Waals surface area contributed by atoms with Crippen molar-refractivity contribution in [1.82, 2.24) is 4.90 Å². The van der Waals surface area contributed by atoms with Crippen molar-refractivity contribution in [3.63, 3.8) is 0 Å². The highest BCUT2D eigenvalue weighted by Crippen LogP contribution is 2.26. The molecular formula is C21H21FN2O3. The van der Waals surface area contributed by atoms with Gasteiger partial charge in [-0.2, -0.15) is 0 Å². The number of carbonyl (C=O) groups is 2. The lowest BCUT2D eigenvalue weighted by atomic mass is 10.1. The number of ketones is 1. The van der Waals surface area contributed by atoms with Crippen molar-refractivity contribution in [2.24, 2.45) is 0 Å². The van der Waals surface area contributed by atoms with Crippen molar-refractivity contribution in [3.8, 4) is 5.75 Å². The SMILES string of the molecule is O=C1CCc2ccc(OCC(=O)N3CCN(c4ccc(F)cc4)CC3)cc21. The average Bonchev–Trinajstić information content (AvgIpc) is 3.07. The van der Waals surface area contributed by atoms with Crippen LogP contribution in [0.2, 0.25) is 0 Å². The number of ether oxygens (including phenoxy) is 1. The molecule has 1 fully saturated rings. The Hall–Kier alpha value is -2.89. The average molecular weight is 368 g/mol. The maximum Gasteiger partial charge on any atom is 0.260 e. The van der Waals surface area contributed by atoms with Gasteiger partial charge in [0, 0.05) is 43.9 Å². The smallest absolute Gasteiger partial charge is 0.260 e. The summed E-state index contributed by atoms with van der Waals surface area (Å²) in [6.07, 6.45) is 1.34. The molecular weight excluding hydrogens is 347 g/mol. The third-order valence-corrected chi connectivity index (χ3v) is 5.19. The van der Waals surface area contributed by atoms with Crippen LogP contribution in [0.3, 0.4) is 0 Å². The van der Waals surface area contributed by atoms with Gasteiger partial charge in [0.25, 0.3) is 5.91 Å². The van der Waals surface area contributed by atoms with Crippen molar-refractivity contribution in [3.05, 3.63) is 59.4 Å². The van der Waals surface area contributed by atoms with Gasteiger partial charge in [-0.15, -0.1) is 0 Å². The van der Waals surface area contributed by atoms with Crippen molar-refractivity contribution in [2.75, 3.05) is 37.7 Å². The molecule has 1 aliphatic heterocycles. The lowest BCUT2D eigenvalue weighted by molar-refractivity contribution is -0.133. The van der Waals surface area contributed by atoms with Crippen LogP contribution < -0.4 is 9.64 Å². The molecule has 5 nitrogen and oxygen atoms in total. The molecule has 140 valence electrons. The van der Waals surface area contributed by atoms with Gasteiger partial charge in [-0.1, -0.05) is 6.07 Å². The minimum Gasteiger partial charge on any atom is -0.484 e. The van der Waals surface area contributed by atoms with Crippen molar-refractivity contribution >= 4 is 17.4 Å². The number of hydrogen-bond donors (Lipinski definition) is 0. The largest absolute Gasteiger partial charge is 0.484 e. The highest BCUT2D eigenvalue weighted by Gasteiger charge is 2.23. The predicted octanol–water partition coefficient (Wildman–Crippen LogP) is 2.68. The number of Topliss-reactive ketones (excluding diaryl/α,β-unsaturated/α-hetero) is 1. The van der Waals surface area contributed by atoms with E-state index in [4.69, 9.17) is 4.74 Å². The van der Waals surface area contributed by atoms with Crippen molar-refractivity contribution in [1.29, 1.82) is 0 Å². The Morgan fingerprint density at radius 1 is 1.00 bits per heavy atom. The second kappa shape index (κ2) is 7.39. The quantitative estimate of drug-likeness (QED) is 0.833. The van der Waals surface area contributed by atoms with Crippen LogP contribution in [0.5, 0.6) is 5.75 Å². The van der Waals surface area contributed by atoms with Gasteiger partial charge >= 0.3 is 0 Å². The maximum absolute atomic E-state index is 13.0. The molecule has 27 heavy (non-hydrogen) atoms. The Balaban J connectivity index is 1.29. The number of rotatable bonds is 4. The fraction of sp³-hybridized carbons (Fsp3) is 0.333. The number of piperazine rings is 1. The molecule has 0 saturated carbocycles. The normalized spacial score (nSPS) is 16.4. The Morgan fingerprint density at radius 2 is 1.74 bits per heavy atom. The number of benzene rings is 2. The molecule has 1 saturated heterocycles. The molecule has 0 aromatic heterocycles. The lowest BCUT2D eigenvalue weighted by Crippen LogP contribution is -2.50. The molecule has 0 N–H and O–H groups in total. The first-order valence-electron chi connectivity index (χ1n) is 9.17. The number of halogens is 1. The molecule has 0 atom stereocenters. The third kappa shape index (κ3) is 3.79. The van der Waals surface area contributed by atoms with E-state index in [1.807, 2.05) is 12.1 Å². The Kier molecular flexibility index (Phi) is 4.79. The van der Waals surface area contributed by atoms with Crippen LogP contribution in [0.15, 0.2) is 42.5 Å². The summed E-state index contributed by atoms with van der Waals surface area (Å²) in [5.74, 6) is 0.375. The zero-order chi connectivity index (χ0) is 18.8. The van der Waals surface area contributed by atoms with Crippen LogP contribution in [0.25, 0.3) is 0 Å². The lowest BCUT2D eigenvalue weighted by Gasteiger charge is -2.36. The monoisotopic (exact) mass is 368 g/mol. The van der Waals surface area contributed by atoms with Gasteiger partial charge in [0.05, 0.1) is 0 Å². The van der Waals surface area contributed by atoms with Crippen LogP contribution >= 0.6 is 0 Å². The molecule has 0 spiro atoms. The van der Waals surface area contributed by atoms with E-state index in [2.05, 4.69) is 4.90 Å². The molecule has 6 heteroatoms. The number of fused-ring (bicyclic) bond motifs is 1. The zero-order valence-electron chi connectivity index (χ0n) is 15.0. The number of carbonyl (C=O) groups excluding carboxylic acids is 2. The first kappa shape index (κ1) is 17.5. The summed E-state index contributed by atoms with van der Waals surface area (Å²) in [6, 6.07) is 11.9. The van der Waals surface area contributed by atoms with Crippen molar-refractivity contribution < 1.29 is 18.7 Å². The minimum atomic E-state index is -0.252. The second-order valence-corrected chi connectivity index (χ2v) is 6.88. The molecule has 0 radical (unpaired) electrons. The summed E-state index contributed by atoms with van der Waals surface area (Å²) in [5, 5.41) is 0. The van der Waals surface area contributed by atoms with Gasteiger partial charge in [-0.05, 0) is 48.4 Å². The van der Waals surface area contributed by atoms with Crippen LogP contribution in [0.4, 0.5) is 10.1 Å². The molecule has 2 aliphatic rings. The molecule has 2 aromatic rings. The van der Waals surface area contributed by atoms with E-state index < -0.39 is 0 Å². The number of aryl methyl sites for hydroxylation is 1. The Labute approximate surface area is 157 Å². The number of hydrogen-bond acceptors (Lipinski definition) is 4. The Morgan fingerprint density at radius 3 is 2.48 bits per heavy atom. The van der Waals surface area contributed by atoms with E-state index in [0.29, 0.717) is 43.9 Å². The number of amides is 1. The molecule has 1 heterocycles. The zero-order valence-corrected chi connectivity index (χ0v) is 15.0. The molecule has 0 bridgehead atoms. The summed E-state index contributed by atoms with van der Waals surface area (Å²) in [6.45, 7) is 2.56. The van der Waals surface area contributed by atoms with Gasteiger partial charge in [0.2, 0.25) is 0 Å². The van der Waals surface area contributed by atoms with E-state index in [1.165, 1.54) is 12.1 Å². The van der Waals surface area contributed by atoms with Gasteiger partial charge in [-0.25, -0.2) is 4.39 Å². The van der Waals surface area contributed by atoms with Crippen LogP contribution in [0, 0.1) is 5.82 Å². The second-order valence-electron chi connectivity index (χ2n) is 6.88. The van der Waals surface area contributed by atoms with Crippen LogP contribution in [-0.2, 0) is 11.2 Å². The minimum absolute atomic E-state index is 0.0382. The van der Waals surface area contributed by atoms with Crippen molar-refractivity contribution in [2.45, 2.75) is 12.8 Å². The van der Waals surface area contributed by atoms with Gasteiger partial charge < -0.3 is 14.5 Å². The summed E-state index contributed by atoms with van der Waals surface area (Å²) >= 11 is 0. The first-order chi connectivity index (χ1) is 13.1. The van der Waals surface area contributed by atoms with Gasteiger partial charge in [0.15, 0.2) is 12.4 Å². The first-order valence-corrected chi connectivity index (χ1v) is 9.17. The highest BCUT2D eigenvalue weighted by atomic mass is 19.1. The number of anilines is 1. The van der Waals surface area contributed by atoms with Gasteiger partial charge in [0.1, 0.15) is 11.6 Å². The van der Waals surface area contributed by atoms with Gasteiger partial charge in [-0.3, -0.25) is 9.59 Å². The standard InChI is InChI=1S/C21H21FN2O3/c22-16-3-5-17(6-4-16)23-9-11-24(12-10-23)21(26)14-27-18-7-1-15-2-8-20(25)19(15)13-18/h1,3-7,13H,2,8-12,14H2. The van der Waals surface area contributed by atoms with Crippen LogP contribution in [-0.4, -0.2) is 49.4 Å². The molecule has 0 unspecified atom stereocenters. The predicted molar refractivity (Wildman–Crippen MR) is 99.8 cm³/mol. The summed E-state index contributed by atoms with van der Waals surface area (Å²) < 4.78 is 18.7. The topological polar surface area (TPSA) is 49.9 Å². The van der Waals surface area contributed by atoms with Crippen LogP contribution in [0.1, 0.15) is 22.3 Å².